The van der Waals surface area contributed by atoms with E-state index in [9.17, 15) is 0 Å². The van der Waals surface area contributed by atoms with E-state index in [1.54, 1.807) is 0 Å². The van der Waals surface area contributed by atoms with Crippen molar-refractivity contribution in [1.29, 1.82) is 0 Å². The molecule has 1 unspecified atom stereocenters. The highest BCUT2D eigenvalue weighted by atomic mass is 32.2. The molecule has 0 saturated carbocycles. The van der Waals surface area contributed by atoms with Crippen molar-refractivity contribution in [2.45, 2.75) is 45.4 Å². The molecule has 0 spiro atoms. The first-order chi connectivity index (χ1) is 6.72. The molecular weight excluding hydrogens is 204 g/mol. The van der Waals surface area contributed by atoms with E-state index in [1.165, 1.54) is 18.8 Å². The van der Waals surface area contributed by atoms with Crippen LogP contribution in [0.1, 0.15) is 34.6 Å². The lowest BCUT2D eigenvalue weighted by molar-refractivity contribution is 0.116. The van der Waals surface area contributed by atoms with E-state index in [0.29, 0.717) is 0 Å². The highest BCUT2D eigenvalue weighted by Crippen LogP contribution is 2.30. The summed E-state index contributed by atoms with van der Waals surface area (Å²) in [5.41, 5.74) is 6.30. The monoisotopic (exact) mass is 230 g/mol. The summed E-state index contributed by atoms with van der Waals surface area (Å²) in [5.74, 6) is 1.27. The Kier molecular flexibility index (Phi) is 4.13. The van der Waals surface area contributed by atoms with E-state index in [0.717, 1.165) is 11.8 Å². The van der Waals surface area contributed by atoms with Crippen LogP contribution in [0.5, 0.6) is 0 Å². The van der Waals surface area contributed by atoms with Crippen LogP contribution < -0.4 is 5.73 Å². The maximum Gasteiger partial charge on any atom is 0.0161 e. The second-order valence-electron chi connectivity index (χ2n) is 6.02. The number of rotatable bonds is 3. The number of nitrogens with zero attached hydrogens (tertiary/aromatic N) is 1. The van der Waals surface area contributed by atoms with Gasteiger partial charge in [-0.25, -0.2) is 0 Å². The van der Waals surface area contributed by atoms with Crippen LogP contribution in [0.15, 0.2) is 0 Å². The van der Waals surface area contributed by atoms with Gasteiger partial charge in [0.05, 0.1) is 0 Å². The summed E-state index contributed by atoms with van der Waals surface area (Å²) < 4.78 is 0. The molecule has 1 atom stereocenters. The number of hydrogen-bond donors (Lipinski definition) is 1. The molecule has 0 aliphatic carbocycles. The van der Waals surface area contributed by atoms with E-state index in [-0.39, 0.29) is 11.0 Å². The Balaban J connectivity index is 2.53. The Hall–Kier alpha value is 0.270. The second-order valence-corrected chi connectivity index (χ2v) is 7.57. The quantitative estimate of drug-likeness (QED) is 0.806. The molecule has 0 amide bonds. The third-order valence-electron chi connectivity index (χ3n) is 3.69. The Labute approximate surface area is 99.0 Å². The molecule has 1 rings (SSSR count). The van der Waals surface area contributed by atoms with Crippen molar-refractivity contribution in [3.05, 3.63) is 0 Å². The van der Waals surface area contributed by atoms with Gasteiger partial charge in [-0.1, -0.05) is 20.8 Å². The van der Waals surface area contributed by atoms with Gasteiger partial charge in [0, 0.05) is 36.2 Å². The Bertz CT molecular complexity index is 208. The SMILES string of the molecule is CC1CN(CC(C)(C)C(C)(C)N)CCS1. The summed E-state index contributed by atoms with van der Waals surface area (Å²) >= 11 is 2.08. The average molecular weight is 230 g/mol. The zero-order valence-corrected chi connectivity index (χ0v) is 11.7. The number of nitrogens with two attached hydrogens (primary N) is 1. The summed E-state index contributed by atoms with van der Waals surface area (Å²) in [7, 11) is 0. The molecule has 2 N–H and O–H groups in total. The Morgan fingerprint density at radius 2 is 1.93 bits per heavy atom. The molecule has 0 aromatic rings. The Morgan fingerprint density at radius 1 is 1.33 bits per heavy atom. The van der Waals surface area contributed by atoms with Gasteiger partial charge >= 0.3 is 0 Å². The van der Waals surface area contributed by atoms with Crippen LogP contribution in [0.3, 0.4) is 0 Å². The highest BCUT2D eigenvalue weighted by Gasteiger charge is 2.35. The van der Waals surface area contributed by atoms with Crippen molar-refractivity contribution >= 4 is 11.8 Å². The fourth-order valence-corrected chi connectivity index (χ4v) is 2.88. The van der Waals surface area contributed by atoms with Crippen LogP contribution in [-0.4, -0.2) is 41.1 Å². The molecule has 90 valence electrons. The van der Waals surface area contributed by atoms with E-state index >= 15 is 0 Å². The molecular formula is C12H26N2S. The molecule has 0 aromatic carbocycles. The molecule has 1 heterocycles. The zero-order valence-electron chi connectivity index (χ0n) is 10.8. The van der Waals surface area contributed by atoms with Gasteiger partial charge in [-0.15, -0.1) is 0 Å². The minimum atomic E-state index is -0.110. The second kappa shape index (κ2) is 4.64. The summed E-state index contributed by atoms with van der Waals surface area (Å²) in [6, 6.07) is 0. The molecule has 3 heteroatoms. The molecule has 15 heavy (non-hydrogen) atoms. The standard InChI is InChI=1S/C12H26N2S/c1-10-8-14(6-7-15-10)9-11(2,3)12(4,5)13/h10H,6-9,13H2,1-5H3. The first-order valence-electron chi connectivity index (χ1n) is 5.85. The van der Waals surface area contributed by atoms with E-state index in [2.05, 4.69) is 51.3 Å². The fourth-order valence-electron chi connectivity index (χ4n) is 1.80. The van der Waals surface area contributed by atoms with Crippen molar-refractivity contribution in [2.75, 3.05) is 25.4 Å². The highest BCUT2D eigenvalue weighted by molar-refractivity contribution is 7.99. The molecule has 0 radical (unpaired) electrons. The van der Waals surface area contributed by atoms with Crippen LogP contribution in [0, 0.1) is 5.41 Å². The third kappa shape index (κ3) is 3.65. The summed E-state index contributed by atoms with van der Waals surface area (Å²) in [4.78, 5) is 2.57. The van der Waals surface area contributed by atoms with Crippen LogP contribution in [0.25, 0.3) is 0 Å². The molecule has 1 aliphatic heterocycles. The van der Waals surface area contributed by atoms with Gasteiger partial charge in [-0.2, -0.15) is 11.8 Å². The minimum Gasteiger partial charge on any atom is -0.325 e. The van der Waals surface area contributed by atoms with Gasteiger partial charge in [0.25, 0.3) is 0 Å². The smallest absolute Gasteiger partial charge is 0.0161 e. The fraction of sp³-hybridized carbons (Fsp3) is 1.00. The van der Waals surface area contributed by atoms with Gasteiger partial charge in [0.1, 0.15) is 0 Å². The average Bonchev–Trinajstić information content (AvgIpc) is 2.00. The van der Waals surface area contributed by atoms with Crippen molar-refractivity contribution in [3.63, 3.8) is 0 Å². The van der Waals surface area contributed by atoms with Gasteiger partial charge in [0.2, 0.25) is 0 Å². The number of hydrogen-bond acceptors (Lipinski definition) is 3. The van der Waals surface area contributed by atoms with Crippen molar-refractivity contribution in [3.8, 4) is 0 Å². The summed E-state index contributed by atoms with van der Waals surface area (Å²) in [5, 5.41) is 0.774. The normalized spacial score (nSPS) is 25.6. The van der Waals surface area contributed by atoms with E-state index in [4.69, 9.17) is 5.73 Å². The third-order valence-corrected chi connectivity index (χ3v) is 4.82. The van der Waals surface area contributed by atoms with Crippen molar-refractivity contribution in [1.82, 2.24) is 4.90 Å². The first kappa shape index (κ1) is 13.3. The van der Waals surface area contributed by atoms with Gasteiger partial charge in [-0.05, 0) is 19.3 Å². The van der Waals surface area contributed by atoms with Gasteiger partial charge in [0.15, 0.2) is 0 Å². The van der Waals surface area contributed by atoms with Crippen molar-refractivity contribution in [2.24, 2.45) is 11.1 Å². The molecule has 1 fully saturated rings. The van der Waals surface area contributed by atoms with Gasteiger partial charge in [-0.3, -0.25) is 0 Å². The topological polar surface area (TPSA) is 29.3 Å². The largest absolute Gasteiger partial charge is 0.325 e. The first-order valence-corrected chi connectivity index (χ1v) is 6.90. The van der Waals surface area contributed by atoms with Crippen LogP contribution >= 0.6 is 11.8 Å². The lowest BCUT2D eigenvalue weighted by Gasteiger charge is -2.44. The number of thioether (sulfide) groups is 1. The summed E-state index contributed by atoms with van der Waals surface area (Å²) in [6.07, 6.45) is 0. The summed E-state index contributed by atoms with van der Waals surface area (Å²) in [6.45, 7) is 14.7. The lowest BCUT2D eigenvalue weighted by Crippen LogP contribution is -2.54. The maximum atomic E-state index is 6.23. The van der Waals surface area contributed by atoms with Crippen LogP contribution in [0.4, 0.5) is 0 Å². The van der Waals surface area contributed by atoms with Crippen LogP contribution in [-0.2, 0) is 0 Å². The van der Waals surface area contributed by atoms with E-state index < -0.39 is 0 Å². The minimum absolute atomic E-state index is 0.110. The molecule has 1 saturated heterocycles. The predicted octanol–water partition coefficient (Wildman–Crippen LogP) is 2.19. The predicted molar refractivity (Wildman–Crippen MR) is 70.4 cm³/mol. The molecule has 2 nitrogen and oxygen atoms in total. The molecule has 0 aromatic heterocycles. The molecule has 1 aliphatic rings. The van der Waals surface area contributed by atoms with E-state index in [1.807, 2.05) is 0 Å². The molecule has 0 bridgehead atoms. The Morgan fingerprint density at radius 3 is 2.40 bits per heavy atom. The lowest BCUT2D eigenvalue weighted by atomic mass is 9.75. The zero-order chi connectivity index (χ0) is 11.7. The maximum absolute atomic E-state index is 6.23. The van der Waals surface area contributed by atoms with Crippen LogP contribution in [0.2, 0.25) is 0 Å². The van der Waals surface area contributed by atoms with Crippen molar-refractivity contribution < 1.29 is 0 Å². The van der Waals surface area contributed by atoms with Gasteiger partial charge < -0.3 is 10.6 Å².